The maximum absolute atomic E-state index is 13.8. The first-order valence-electron chi connectivity index (χ1n) is 9.09. The fourth-order valence-electron chi connectivity index (χ4n) is 3.56. The molecule has 2 aromatic heterocycles. The molecule has 2 heterocycles. The van der Waals surface area contributed by atoms with Crippen LogP contribution in [-0.4, -0.2) is 21.4 Å². The van der Waals surface area contributed by atoms with Gasteiger partial charge in [0.1, 0.15) is 0 Å². The van der Waals surface area contributed by atoms with Gasteiger partial charge in [0.25, 0.3) is 0 Å². The van der Waals surface area contributed by atoms with Gasteiger partial charge < -0.3 is 4.74 Å². The van der Waals surface area contributed by atoms with E-state index in [0.717, 1.165) is 24.2 Å². The zero-order chi connectivity index (χ0) is 16.5. The van der Waals surface area contributed by atoms with Crippen LogP contribution in [0.2, 0.25) is 0 Å². The molecule has 0 aliphatic heterocycles. The van der Waals surface area contributed by atoms with Crippen molar-refractivity contribution in [2.45, 2.75) is 45.4 Å². The van der Waals surface area contributed by atoms with E-state index in [1.54, 1.807) is 23.0 Å². The van der Waals surface area contributed by atoms with Gasteiger partial charge in [-0.25, -0.2) is 4.68 Å². The van der Waals surface area contributed by atoms with Crippen LogP contribution in [0, 0.1) is 23.7 Å². The SMILES string of the molecule is CCc1ccc(-n2ccc(OCCC(C3CC3)C3CC3)n2)nc1F. The van der Waals surface area contributed by atoms with E-state index in [0.29, 0.717) is 30.3 Å². The van der Waals surface area contributed by atoms with Crippen LogP contribution in [0.3, 0.4) is 0 Å². The summed E-state index contributed by atoms with van der Waals surface area (Å²) in [6.07, 6.45) is 9.14. The number of hydrogen-bond acceptors (Lipinski definition) is 3. The van der Waals surface area contributed by atoms with Crippen LogP contribution in [0.4, 0.5) is 4.39 Å². The summed E-state index contributed by atoms with van der Waals surface area (Å²) in [5, 5.41) is 4.36. The van der Waals surface area contributed by atoms with Crippen LogP contribution in [0.25, 0.3) is 5.82 Å². The lowest BCUT2D eigenvalue weighted by molar-refractivity contribution is 0.243. The van der Waals surface area contributed by atoms with E-state index < -0.39 is 5.95 Å². The van der Waals surface area contributed by atoms with E-state index >= 15 is 0 Å². The Morgan fingerprint density at radius 1 is 1.21 bits per heavy atom. The number of ether oxygens (including phenoxy) is 1. The normalized spacial score (nSPS) is 17.5. The molecule has 0 N–H and O–H groups in total. The van der Waals surface area contributed by atoms with Gasteiger partial charge in [-0.1, -0.05) is 13.0 Å². The second-order valence-electron chi connectivity index (χ2n) is 7.05. The molecule has 24 heavy (non-hydrogen) atoms. The first-order valence-corrected chi connectivity index (χ1v) is 9.09. The second kappa shape index (κ2) is 6.54. The molecule has 2 saturated carbocycles. The van der Waals surface area contributed by atoms with Crippen molar-refractivity contribution in [2.75, 3.05) is 6.61 Å². The number of hydrogen-bond donors (Lipinski definition) is 0. The fourth-order valence-corrected chi connectivity index (χ4v) is 3.56. The van der Waals surface area contributed by atoms with Gasteiger partial charge in [-0.15, -0.1) is 5.10 Å². The van der Waals surface area contributed by atoms with Gasteiger partial charge in [0.15, 0.2) is 5.82 Å². The Hall–Kier alpha value is -1.91. The van der Waals surface area contributed by atoms with Crippen molar-refractivity contribution in [1.29, 1.82) is 0 Å². The summed E-state index contributed by atoms with van der Waals surface area (Å²) in [6, 6.07) is 5.36. The Bertz CT molecular complexity index is 694. The van der Waals surface area contributed by atoms with Crippen LogP contribution < -0.4 is 4.74 Å². The minimum absolute atomic E-state index is 0.426. The van der Waals surface area contributed by atoms with Gasteiger partial charge in [-0.3, -0.25) is 0 Å². The summed E-state index contributed by atoms with van der Waals surface area (Å²) in [5.41, 5.74) is 0.619. The highest BCUT2D eigenvalue weighted by Gasteiger charge is 2.40. The molecule has 0 radical (unpaired) electrons. The van der Waals surface area contributed by atoms with Gasteiger partial charge in [-0.05, 0) is 62.3 Å². The Morgan fingerprint density at radius 3 is 2.58 bits per heavy atom. The molecule has 128 valence electrons. The van der Waals surface area contributed by atoms with Crippen molar-refractivity contribution in [3.8, 4) is 11.7 Å². The molecule has 2 aliphatic rings. The number of nitrogens with zero attached hydrogens (tertiary/aromatic N) is 3. The van der Waals surface area contributed by atoms with Crippen molar-refractivity contribution >= 4 is 0 Å². The first-order chi connectivity index (χ1) is 11.7. The Balaban J connectivity index is 1.35. The molecular formula is C19H24FN3O. The highest BCUT2D eigenvalue weighted by molar-refractivity contribution is 5.26. The van der Waals surface area contributed by atoms with Crippen molar-refractivity contribution in [3.63, 3.8) is 0 Å². The average Bonchev–Trinajstić information content (AvgIpc) is 3.51. The minimum Gasteiger partial charge on any atom is -0.477 e. The molecule has 0 unspecified atom stereocenters. The molecule has 2 fully saturated rings. The predicted octanol–water partition coefficient (Wildman–Crippen LogP) is 4.17. The van der Waals surface area contributed by atoms with E-state index in [4.69, 9.17) is 4.74 Å². The largest absolute Gasteiger partial charge is 0.477 e. The van der Waals surface area contributed by atoms with Crippen LogP contribution >= 0.6 is 0 Å². The topological polar surface area (TPSA) is 39.9 Å². The van der Waals surface area contributed by atoms with Crippen molar-refractivity contribution in [3.05, 3.63) is 35.9 Å². The van der Waals surface area contributed by atoms with E-state index in [-0.39, 0.29) is 0 Å². The van der Waals surface area contributed by atoms with Crippen molar-refractivity contribution < 1.29 is 9.13 Å². The van der Waals surface area contributed by atoms with Crippen LogP contribution in [-0.2, 0) is 6.42 Å². The predicted molar refractivity (Wildman–Crippen MR) is 89.7 cm³/mol. The van der Waals surface area contributed by atoms with Crippen molar-refractivity contribution in [1.82, 2.24) is 14.8 Å². The quantitative estimate of drug-likeness (QED) is 0.682. The minimum atomic E-state index is -0.426. The standard InChI is InChI=1S/C19H24FN3O/c1-2-13-7-8-17(21-19(13)20)23-11-9-18(22-23)24-12-10-16(14-3-4-14)15-5-6-15/h7-9,11,14-16H,2-6,10,12H2,1H3. The first kappa shape index (κ1) is 15.6. The monoisotopic (exact) mass is 329 g/mol. The highest BCUT2D eigenvalue weighted by Crippen LogP contribution is 2.50. The third kappa shape index (κ3) is 3.45. The second-order valence-corrected chi connectivity index (χ2v) is 7.05. The van der Waals surface area contributed by atoms with Crippen LogP contribution in [0.15, 0.2) is 24.4 Å². The van der Waals surface area contributed by atoms with Crippen LogP contribution in [0.1, 0.15) is 44.6 Å². The zero-order valence-electron chi connectivity index (χ0n) is 14.1. The van der Waals surface area contributed by atoms with E-state index in [2.05, 4.69) is 10.1 Å². The molecule has 4 nitrogen and oxygen atoms in total. The van der Waals surface area contributed by atoms with Crippen molar-refractivity contribution in [2.24, 2.45) is 17.8 Å². The molecule has 0 bridgehead atoms. The lowest BCUT2D eigenvalue weighted by Gasteiger charge is -2.14. The molecule has 2 aromatic rings. The van der Waals surface area contributed by atoms with Gasteiger partial charge in [0.05, 0.1) is 6.61 Å². The van der Waals surface area contributed by atoms with Gasteiger partial charge in [-0.2, -0.15) is 9.37 Å². The molecule has 4 rings (SSSR count). The van der Waals surface area contributed by atoms with Gasteiger partial charge >= 0.3 is 0 Å². The lowest BCUT2D eigenvalue weighted by Crippen LogP contribution is -2.11. The number of rotatable bonds is 8. The average molecular weight is 329 g/mol. The number of halogens is 1. The summed E-state index contributed by atoms with van der Waals surface area (Å²) in [4.78, 5) is 3.98. The molecule has 0 aromatic carbocycles. The van der Waals surface area contributed by atoms with E-state index in [9.17, 15) is 4.39 Å². The van der Waals surface area contributed by atoms with E-state index in [1.807, 2.05) is 13.0 Å². The number of aryl methyl sites for hydroxylation is 1. The molecule has 0 saturated heterocycles. The summed E-state index contributed by atoms with van der Waals surface area (Å²) in [6.45, 7) is 2.63. The van der Waals surface area contributed by atoms with Gasteiger partial charge in [0.2, 0.25) is 11.8 Å². The lowest BCUT2D eigenvalue weighted by atomic mass is 9.95. The summed E-state index contributed by atoms with van der Waals surface area (Å²) < 4.78 is 21.2. The molecule has 2 aliphatic carbocycles. The zero-order valence-corrected chi connectivity index (χ0v) is 14.1. The third-order valence-electron chi connectivity index (χ3n) is 5.25. The van der Waals surface area contributed by atoms with Crippen LogP contribution in [0.5, 0.6) is 5.88 Å². The third-order valence-corrected chi connectivity index (χ3v) is 5.25. The summed E-state index contributed by atoms with van der Waals surface area (Å²) >= 11 is 0. The van der Waals surface area contributed by atoms with Gasteiger partial charge in [0, 0.05) is 17.8 Å². The highest BCUT2D eigenvalue weighted by atomic mass is 19.1. The molecule has 5 heteroatoms. The Kier molecular flexibility index (Phi) is 4.25. The van der Waals surface area contributed by atoms with E-state index in [1.165, 1.54) is 25.7 Å². The number of pyridine rings is 1. The molecule has 0 amide bonds. The molecule has 0 atom stereocenters. The maximum atomic E-state index is 13.8. The smallest absolute Gasteiger partial charge is 0.233 e. The fraction of sp³-hybridized carbons (Fsp3) is 0.579. The Labute approximate surface area is 142 Å². The summed E-state index contributed by atoms with van der Waals surface area (Å²) in [5.74, 6) is 3.38. The molecular weight excluding hydrogens is 305 g/mol. The molecule has 0 spiro atoms. The Morgan fingerprint density at radius 2 is 1.96 bits per heavy atom. The summed E-state index contributed by atoms with van der Waals surface area (Å²) in [7, 11) is 0. The number of aromatic nitrogens is 3. The maximum Gasteiger partial charge on any atom is 0.233 e.